The number of aliphatic hydroxyl groups is 1. The molecule has 0 radical (unpaired) electrons. The molecule has 30 heavy (non-hydrogen) atoms. The zero-order valence-electron chi connectivity index (χ0n) is 16.1. The number of carbonyl (C=O) groups is 2. The van der Waals surface area contributed by atoms with Crippen molar-refractivity contribution >= 4 is 11.8 Å². The lowest BCUT2D eigenvalue weighted by Crippen LogP contribution is -2.37. The summed E-state index contributed by atoms with van der Waals surface area (Å²) in [6.07, 6.45) is 3.54. The molecule has 3 heterocycles. The molecule has 4 rings (SSSR count). The second-order valence-corrected chi connectivity index (χ2v) is 6.92. The molecule has 2 amide bonds. The third-order valence-electron chi connectivity index (χ3n) is 4.75. The lowest BCUT2D eigenvalue weighted by molar-refractivity contribution is -0.137. The van der Waals surface area contributed by atoms with E-state index in [-0.39, 0.29) is 17.9 Å². The standard InChI is InChI=1S/C21H18N6O3/c1-26-11-8-21(30,20(26)29)7-6-14-4-2-5-15(12-14)19-24-16(18(22)28)13-17(25-19)27-10-3-9-23-27/h2-5,9-10,12-13,30H,8,11H2,1H3,(H2,22,28)/t21-/m0/s1. The van der Waals surface area contributed by atoms with E-state index in [1.54, 1.807) is 49.8 Å². The minimum absolute atomic E-state index is 0.0517. The van der Waals surface area contributed by atoms with Gasteiger partial charge in [0.15, 0.2) is 11.6 Å². The van der Waals surface area contributed by atoms with Gasteiger partial charge in [-0.2, -0.15) is 5.10 Å². The summed E-state index contributed by atoms with van der Waals surface area (Å²) in [5.41, 5.74) is 4.96. The van der Waals surface area contributed by atoms with Crippen molar-refractivity contribution in [3.63, 3.8) is 0 Å². The highest BCUT2D eigenvalue weighted by atomic mass is 16.3. The Balaban J connectivity index is 1.72. The van der Waals surface area contributed by atoms with Gasteiger partial charge in [-0.15, -0.1) is 0 Å². The molecule has 0 aliphatic carbocycles. The largest absolute Gasteiger partial charge is 0.369 e. The van der Waals surface area contributed by atoms with Crippen molar-refractivity contribution < 1.29 is 14.7 Å². The quantitative estimate of drug-likeness (QED) is 0.610. The maximum atomic E-state index is 12.1. The summed E-state index contributed by atoms with van der Waals surface area (Å²) in [5, 5.41) is 14.6. The number of carbonyl (C=O) groups excluding carboxylic acids is 2. The minimum atomic E-state index is -1.68. The molecule has 150 valence electrons. The predicted octanol–water partition coefficient (Wildman–Crippen LogP) is 0.373. The molecule has 1 aromatic carbocycles. The van der Waals surface area contributed by atoms with Gasteiger partial charge in [0, 0.05) is 49.6 Å². The van der Waals surface area contributed by atoms with E-state index in [4.69, 9.17) is 5.73 Å². The number of aromatic nitrogens is 4. The summed E-state index contributed by atoms with van der Waals surface area (Å²) >= 11 is 0. The number of benzene rings is 1. The third-order valence-corrected chi connectivity index (χ3v) is 4.75. The van der Waals surface area contributed by atoms with Gasteiger partial charge >= 0.3 is 0 Å². The molecule has 9 heteroatoms. The second kappa shape index (κ2) is 7.42. The highest BCUT2D eigenvalue weighted by molar-refractivity contribution is 5.92. The highest BCUT2D eigenvalue weighted by Crippen LogP contribution is 2.22. The topological polar surface area (TPSA) is 127 Å². The zero-order valence-corrected chi connectivity index (χ0v) is 16.1. The van der Waals surface area contributed by atoms with Crippen LogP contribution in [0.3, 0.4) is 0 Å². The van der Waals surface area contributed by atoms with Crippen molar-refractivity contribution in [3.8, 4) is 29.0 Å². The van der Waals surface area contributed by atoms with Crippen molar-refractivity contribution in [1.29, 1.82) is 0 Å². The number of rotatable bonds is 3. The van der Waals surface area contributed by atoms with Crippen LogP contribution in [0.1, 0.15) is 22.5 Å². The van der Waals surface area contributed by atoms with Gasteiger partial charge in [0.1, 0.15) is 5.69 Å². The molecule has 1 fully saturated rings. The van der Waals surface area contributed by atoms with Crippen molar-refractivity contribution in [1.82, 2.24) is 24.6 Å². The molecule has 0 spiro atoms. The SMILES string of the molecule is CN1CC[C@@](O)(C#Cc2cccc(-c3nc(C(N)=O)cc(-n4cccn4)n3)c2)C1=O. The van der Waals surface area contributed by atoms with Gasteiger partial charge in [0.05, 0.1) is 0 Å². The van der Waals surface area contributed by atoms with Crippen LogP contribution >= 0.6 is 0 Å². The maximum absolute atomic E-state index is 12.1. The summed E-state index contributed by atoms with van der Waals surface area (Å²) in [6, 6.07) is 10.2. The first-order valence-corrected chi connectivity index (χ1v) is 9.16. The Labute approximate surface area is 172 Å². The molecule has 2 aromatic heterocycles. The van der Waals surface area contributed by atoms with Crippen LogP contribution in [0.15, 0.2) is 48.8 Å². The van der Waals surface area contributed by atoms with Gasteiger partial charge in [0.2, 0.25) is 5.60 Å². The predicted molar refractivity (Wildman–Crippen MR) is 107 cm³/mol. The third kappa shape index (κ3) is 3.64. The summed E-state index contributed by atoms with van der Waals surface area (Å²) in [6.45, 7) is 0.452. The van der Waals surface area contributed by atoms with Crippen LogP contribution in [0, 0.1) is 11.8 Å². The Hall–Kier alpha value is -4.03. The molecule has 0 bridgehead atoms. The van der Waals surface area contributed by atoms with E-state index in [2.05, 4.69) is 26.9 Å². The summed E-state index contributed by atoms with van der Waals surface area (Å²) in [7, 11) is 1.63. The number of likely N-dealkylation sites (N-methyl/N-ethyl adjacent to an activating group) is 1. The Bertz CT molecular complexity index is 1190. The van der Waals surface area contributed by atoms with E-state index in [9.17, 15) is 14.7 Å². The Morgan fingerprint density at radius 1 is 1.27 bits per heavy atom. The van der Waals surface area contributed by atoms with Crippen LogP contribution < -0.4 is 5.73 Å². The van der Waals surface area contributed by atoms with E-state index in [0.29, 0.717) is 23.5 Å². The average molecular weight is 402 g/mol. The first-order valence-electron chi connectivity index (χ1n) is 9.16. The average Bonchev–Trinajstić information content (AvgIpc) is 3.38. The summed E-state index contributed by atoms with van der Waals surface area (Å²) in [4.78, 5) is 34.0. The number of amides is 2. The van der Waals surface area contributed by atoms with Crippen LogP contribution in [0.2, 0.25) is 0 Å². The minimum Gasteiger partial charge on any atom is -0.369 e. The maximum Gasteiger partial charge on any atom is 0.267 e. The van der Waals surface area contributed by atoms with Crippen LogP contribution in [0.25, 0.3) is 17.2 Å². The number of primary amides is 1. The number of nitrogens with two attached hydrogens (primary N) is 1. The van der Waals surface area contributed by atoms with E-state index in [0.717, 1.165) is 0 Å². The molecule has 3 aromatic rings. The fourth-order valence-corrected chi connectivity index (χ4v) is 3.09. The van der Waals surface area contributed by atoms with Crippen molar-refractivity contribution in [3.05, 3.63) is 60.0 Å². The van der Waals surface area contributed by atoms with E-state index < -0.39 is 17.4 Å². The lowest BCUT2D eigenvalue weighted by atomic mass is 10.0. The highest BCUT2D eigenvalue weighted by Gasteiger charge is 2.42. The second-order valence-electron chi connectivity index (χ2n) is 6.92. The van der Waals surface area contributed by atoms with Gasteiger partial charge < -0.3 is 15.7 Å². The van der Waals surface area contributed by atoms with Crippen LogP contribution in [-0.4, -0.2) is 60.8 Å². The van der Waals surface area contributed by atoms with Crippen molar-refractivity contribution in [2.24, 2.45) is 5.73 Å². The number of hydrogen-bond donors (Lipinski definition) is 2. The van der Waals surface area contributed by atoms with Crippen LogP contribution in [0.4, 0.5) is 0 Å². The molecule has 1 aliphatic rings. The Morgan fingerprint density at radius 2 is 2.10 bits per heavy atom. The zero-order chi connectivity index (χ0) is 21.3. The molecule has 1 atom stereocenters. The molecular formula is C21H18N6O3. The van der Waals surface area contributed by atoms with Gasteiger partial charge in [0.25, 0.3) is 11.8 Å². The van der Waals surface area contributed by atoms with E-state index >= 15 is 0 Å². The molecular weight excluding hydrogens is 384 g/mol. The number of hydrogen-bond acceptors (Lipinski definition) is 6. The first kappa shape index (κ1) is 19.3. The lowest BCUT2D eigenvalue weighted by Gasteiger charge is -2.13. The van der Waals surface area contributed by atoms with Gasteiger partial charge in [-0.05, 0) is 18.2 Å². The molecule has 3 N–H and O–H groups in total. The Morgan fingerprint density at radius 3 is 2.77 bits per heavy atom. The van der Waals surface area contributed by atoms with Gasteiger partial charge in [-0.3, -0.25) is 9.59 Å². The molecule has 1 aliphatic heterocycles. The van der Waals surface area contributed by atoms with Gasteiger partial charge in [-0.1, -0.05) is 24.0 Å². The first-order chi connectivity index (χ1) is 14.4. The fourth-order valence-electron chi connectivity index (χ4n) is 3.09. The summed E-state index contributed by atoms with van der Waals surface area (Å²) < 4.78 is 1.50. The van der Waals surface area contributed by atoms with Crippen LogP contribution in [-0.2, 0) is 4.79 Å². The number of nitrogens with zero attached hydrogens (tertiary/aromatic N) is 5. The molecule has 9 nitrogen and oxygen atoms in total. The molecule has 1 saturated heterocycles. The van der Waals surface area contributed by atoms with Gasteiger partial charge in [-0.25, -0.2) is 14.6 Å². The molecule has 0 unspecified atom stereocenters. The van der Waals surface area contributed by atoms with E-state index in [1.807, 2.05) is 0 Å². The monoisotopic (exact) mass is 402 g/mol. The normalized spacial score (nSPS) is 18.2. The van der Waals surface area contributed by atoms with Crippen molar-refractivity contribution in [2.45, 2.75) is 12.0 Å². The fraction of sp³-hybridized carbons (Fsp3) is 0.190. The van der Waals surface area contributed by atoms with Crippen LogP contribution in [0.5, 0.6) is 0 Å². The van der Waals surface area contributed by atoms with Crippen molar-refractivity contribution in [2.75, 3.05) is 13.6 Å². The van der Waals surface area contributed by atoms with E-state index in [1.165, 1.54) is 15.6 Å². The smallest absolute Gasteiger partial charge is 0.267 e. The summed E-state index contributed by atoms with van der Waals surface area (Å²) in [5.74, 6) is 5.11. The molecule has 0 saturated carbocycles. The Kier molecular flexibility index (Phi) is 4.77. The number of likely N-dealkylation sites (tertiary alicyclic amines) is 1.